The molecule has 0 aromatic heterocycles. The molecule has 0 radical (unpaired) electrons. The Morgan fingerprint density at radius 3 is 2.94 bits per heavy atom. The summed E-state index contributed by atoms with van der Waals surface area (Å²) in [5, 5.41) is 9.49. The van der Waals surface area contributed by atoms with Crippen LogP contribution in [0.2, 0.25) is 0 Å². The lowest BCUT2D eigenvalue weighted by Gasteiger charge is -2.09. The van der Waals surface area contributed by atoms with Crippen molar-refractivity contribution < 1.29 is 14.6 Å². The third-order valence-electron chi connectivity index (χ3n) is 2.41. The minimum atomic E-state index is -0.0965. The second-order valence-corrected chi connectivity index (χ2v) is 3.53. The molecule has 16 heavy (non-hydrogen) atoms. The van der Waals surface area contributed by atoms with Crippen LogP contribution < -0.4 is 0 Å². The van der Waals surface area contributed by atoms with Gasteiger partial charge in [0, 0.05) is 18.2 Å². The van der Waals surface area contributed by atoms with E-state index in [0.717, 1.165) is 0 Å². The number of rotatable bonds is 2. The Balaban J connectivity index is 2.03. The first-order valence-electron chi connectivity index (χ1n) is 5.10. The molecule has 84 valence electrons. The zero-order valence-electron chi connectivity index (χ0n) is 8.80. The number of amides is 1. The van der Waals surface area contributed by atoms with Gasteiger partial charge in [-0.25, -0.2) is 0 Å². The summed E-state index contributed by atoms with van der Waals surface area (Å²) in [7, 11) is 0. The normalized spacial score (nSPS) is 15.9. The summed E-state index contributed by atoms with van der Waals surface area (Å²) in [6.07, 6.45) is 3.06. The molecular formula is C12H13NO3. The van der Waals surface area contributed by atoms with Crippen LogP contribution in [0.1, 0.15) is 5.56 Å². The van der Waals surface area contributed by atoms with Gasteiger partial charge in [0.2, 0.25) is 5.91 Å². The van der Waals surface area contributed by atoms with E-state index in [2.05, 4.69) is 0 Å². The van der Waals surface area contributed by atoms with Crippen LogP contribution in [0.25, 0.3) is 6.08 Å². The molecule has 1 aromatic carbocycles. The fourth-order valence-electron chi connectivity index (χ4n) is 1.48. The summed E-state index contributed by atoms with van der Waals surface area (Å²) < 4.78 is 5.08. The van der Waals surface area contributed by atoms with Crippen LogP contribution >= 0.6 is 0 Å². The Kier molecular flexibility index (Phi) is 3.22. The Labute approximate surface area is 93.8 Å². The minimum absolute atomic E-state index is 0.0965. The summed E-state index contributed by atoms with van der Waals surface area (Å²) >= 11 is 0. The molecule has 2 rings (SSSR count). The van der Waals surface area contributed by atoms with Gasteiger partial charge in [-0.1, -0.05) is 18.2 Å². The Morgan fingerprint density at radius 2 is 2.25 bits per heavy atom. The first-order valence-corrected chi connectivity index (χ1v) is 5.10. The highest BCUT2D eigenvalue weighted by atomic mass is 16.5. The Hall–Kier alpha value is -1.81. The van der Waals surface area contributed by atoms with Gasteiger partial charge >= 0.3 is 0 Å². The maximum Gasteiger partial charge on any atom is 0.248 e. The average molecular weight is 219 g/mol. The average Bonchev–Trinajstić information content (AvgIpc) is 2.81. The molecule has 1 N–H and O–H groups in total. The number of phenolic OH excluding ortho intramolecular Hbond substituents is 1. The zero-order valence-corrected chi connectivity index (χ0v) is 8.80. The molecular weight excluding hydrogens is 206 g/mol. The standard InChI is InChI=1S/C12H13NO3/c14-11-4-2-1-3-10(11)5-6-12(15)13-7-8-16-9-13/h1-6,14H,7-9H2/b6-5-. The summed E-state index contributed by atoms with van der Waals surface area (Å²) in [6.45, 7) is 1.57. The van der Waals surface area contributed by atoms with Gasteiger partial charge in [0.15, 0.2) is 0 Å². The molecule has 4 heteroatoms. The van der Waals surface area contributed by atoms with Gasteiger partial charge in [0.1, 0.15) is 12.5 Å². The molecule has 1 saturated heterocycles. The van der Waals surface area contributed by atoms with Crippen molar-refractivity contribution in [3.05, 3.63) is 35.9 Å². The number of carbonyl (C=O) groups is 1. The summed E-state index contributed by atoms with van der Waals surface area (Å²) in [4.78, 5) is 13.2. The number of phenols is 1. The van der Waals surface area contributed by atoms with Crippen molar-refractivity contribution in [2.24, 2.45) is 0 Å². The molecule has 0 spiro atoms. The van der Waals surface area contributed by atoms with E-state index in [-0.39, 0.29) is 11.7 Å². The van der Waals surface area contributed by atoms with Gasteiger partial charge < -0.3 is 14.7 Å². The number of hydrogen-bond acceptors (Lipinski definition) is 3. The van der Waals surface area contributed by atoms with E-state index in [0.29, 0.717) is 25.4 Å². The maximum absolute atomic E-state index is 11.6. The lowest BCUT2D eigenvalue weighted by atomic mass is 10.2. The van der Waals surface area contributed by atoms with Crippen molar-refractivity contribution in [3.8, 4) is 5.75 Å². The first-order chi connectivity index (χ1) is 7.77. The van der Waals surface area contributed by atoms with Crippen LogP contribution in [0.5, 0.6) is 5.75 Å². The van der Waals surface area contributed by atoms with Crippen LogP contribution in [-0.2, 0) is 9.53 Å². The number of aromatic hydroxyl groups is 1. The van der Waals surface area contributed by atoms with Gasteiger partial charge in [0.25, 0.3) is 0 Å². The van der Waals surface area contributed by atoms with Crippen LogP contribution in [-0.4, -0.2) is 35.8 Å². The van der Waals surface area contributed by atoms with E-state index >= 15 is 0 Å². The SMILES string of the molecule is O=C(/C=C\c1ccccc1O)N1CCOC1. The molecule has 1 heterocycles. The lowest BCUT2D eigenvalue weighted by Crippen LogP contribution is -2.26. The summed E-state index contributed by atoms with van der Waals surface area (Å²) in [5.41, 5.74) is 0.635. The zero-order chi connectivity index (χ0) is 11.4. The second-order valence-electron chi connectivity index (χ2n) is 3.53. The molecule has 0 bridgehead atoms. The number of ether oxygens (including phenoxy) is 1. The van der Waals surface area contributed by atoms with Crippen molar-refractivity contribution in [1.82, 2.24) is 4.90 Å². The third-order valence-corrected chi connectivity index (χ3v) is 2.41. The van der Waals surface area contributed by atoms with Crippen LogP contribution in [0.4, 0.5) is 0 Å². The van der Waals surface area contributed by atoms with Crippen molar-refractivity contribution in [3.63, 3.8) is 0 Å². The van der Waals surface area contributed by atoms with Crippen molar-refractivity contribution >= 4 is 12.0 Å². The topological polar surface area (TPSA) is 49.8 Å². The number of benzene rings is 1. The Bertz CT molecular complexity index is 408. The largest absolute Gasteiger partial charge is 0.507 e. The van der Waals surface area contributed by atoms with E-state index in [9.17, 15) is 9.90 Å². The molecule has 1 amide bonds. The molecule has 1 fully saturated rings. The van der Waals surface area contributed by atoms with E-state index < -0.39 is 0 Å². The van der Waals surface area contributed by atoms with Crippen LogP contribution in [0, 0.1) is 0 Å². The Morgan fingerprint density at radius 1 is 1.44 bits per heavy atom. The van der Waals surface area contributed by atoms with Gasteiger partial charge in [-0.2, -0.15) is 0 Å². The van der Waals surface area contributed by atoms with E-state index in [1.165, 1.54) is 6.08 Å². The predicted molar refractivity (Wildman–Crippen MR) is 59.7 cm³/mol. The molecule has 4 nitrogen and oxygen atoms in total. The fourth-order valence-corrected chi connectivity index (χ4v) is 1.48. The van der Waals surface area contributed by atoms with E-state index in [4.69, 9.17) is 4.74 Å². The van der Waals surface area contributed by atoms with Gasteiger partial charge in [-0.05, 0) is 12.1 Å². The summed E-state index contributed by atoms with van der Waals surface area (Å²) in [6, 6.07) is 6.88. The quantitative estimate of drug-likeness (QED) is 0.761. The fraction of sp³-hybridized carbons (Fsp3) is 0.250. The molecule has 1 aliphatic rings. The third kappa shape index (κ3) is 2.41. The van der Waals surface area contributed by atoms with E-state index in [1.54, 1.807) is 29.2 Å². The molecule has 0 saturated carbocycles. The van der Waals surface area contributed by atoms with Gasteiger partial charge in [-0.3, -0.25) is 4.79 Å². The monoisotopic (exact) mass is 219 g/mol. The predicted octanol–water partition coefficient (Wildman–Crippen LogP) is 1.22. The highest BCUT2D eigenvalue weighted by molar-refractivity contribution is 5.92. The molecule has 0 atom stereocenters. The number of hydrogen-bond donors (Lipinski definition) is 1. The molecule has 1 aliphatic heterocycles. The van der Waals surface area contributed by atoms with Gasteiger partial charge in [0.05, 0.1) is 6.61 Å². The first kappa shape index (κ1) is 10.7. The van der Waals surface area contributed by atoms with Gasteiger partial charge in [-0.15, -0.1) is 0 Å². The van der Waals surface area contributed by atoms with Crippen LogP contribution in [0.3, 0.4) is 0 Å². The van der Waals surface area contributed by atoms with E-state index in [1.807, 2.05) is 6.07 Å². The van der Waals surface area contributed by atoms with Crippen molar-refractivity contribution in [1.29, 1.82) is 0 Å². The number of carbonyl (C=O) groups excluding carboxylic acids is 1. The highest BCUT2D eigenvalue weighted by Crippen LogP contribution is 2.17. The smallest absolute Gasteiger partial charge is 0.248 e. The molecule has 1 aromatic rings. The van der Waals surface area contributed by atoms with Crippen molar-refractivity contribution in [2.45, 2.75) is 0 Å². The molecule has 0 unspecified atom stereocenters. The van der Waals surface area contributed by atoms with Crippen molar-refractivity contribution in [2.75, 3.05) is 19.9 Å². The number of para-hydroxylation sites is 1. The number of nitrogens with zero attached hydrogens (tertiary/aromatic N) is 1. The maximum atomic E-state index is 11.6. The minimum Gasteiger partial charge on any atom is -0.507 e. The highest BCUT2D eigenvalue weighted by Gasteiger charge is 2.15. The molecule has 0 aliphatic carbocycles. The second kappa shape index (κ2) is 4.81. The van der Waals surface area contributed by atoms with Crippen LogP contribution in [0.15, 0.2) is 30.3 Å². The lowest BCUT2D eigenvalue weighted by molar-refractivity contribution is -0.126. The summed E-state index contributed by atoms with van der Waals surface area (Å²) in [5.74, 6) is 0.0741.